The maximum atomic E-state index is 2.41. The van der Waals surface area contributed by atoms with Crippen molar-refractivity contribution in [2.24, 2.45) is 11.8 Å². The minimum absolute atomic E-state index is 0.925. The lowest BCUT2D eigenvalue weighted by molar-refractivity contribution is 0.375. The molecule has 0 amide bonds. The van der Waals surface area contributed by atoms with Gasteiger partial charge in [0.25, 0.3) is 0 Å². The first kappa shape index (κ1) is 13.9. The first-order valence-corrected chi connectivity index (χ1v) is 6.48. The van der Waals surface area contributed by atoms with Crippen molar-refractivity contribution >= 4 is 0 Å². The first-order valence-electron chi connectivity index (χ1n) is 6.48. The van der Waals surface area contributed by atoms with E-state index in [-0.39, 0.29) is 0 Å². The van der Waals surface area contributed by atoms with Crippen LogP contribution in [0.5, 0.6) is 0 Å². The highest BCUT2D eigenvalue weighted by Crippen LogP contribution is 2.20. The summed E-state index contributed by atoms with van der Waals surface area (Å²) in [5, 5.41) is 0. The molecule has 0 heteroatoms. The summed E-state index contributed by atoms with van der Waals surface area (Å²) in [4.78, 5) is 0. The van der Waals surface area contributed by atoms with Gasteiger partial charge in [-0.3, -0.25) is 0 Å². The number of hydrogen-bond donors (Lipinski definition) is 0. The van der Waals surface area contributed by atoms with E-state index >= 15 is 0 Å². The van der Waals surface area contributed by atoms with Gasteiger partial charge < -0.3 is 0 Å². The summed E-state index contributed by atoms with van der Waals surface area (Å²) in [7, 11) is 0. The van der Waals surface area contributed by atoms with Gasteiger partial charge in [0, 0.05) is 0 Å². The summed E-state index contributed by atoms with van der Waals surface area (Å²) < 4.78 is 0. The van der Waals surface area contributed by atoms with Crippen LogP contribution in [0, 0.1) is 18.3 Å². The third kappa shape index (κ3) is 8.47. The minimum atomic E-state index is 0.925. The molecule has 0 aromatic rings. The fourth-order valence-electron chi connectivity index (χ4n) is 1.99. The highest BCUT2D eigenvalue weighted by molar-refractivity contribution is 4.60. The summed E-state index contributed by atoms with van der Waals surface area (Å²) in [6.45, 7) is 9.25. The second-order valence-corrected chi connectivity index (χ2v) is 4.90. The molecule has 0 fully saturated rings. The van der Waals surface area contributed by atoms with Crippen LogP contribution >= 0.6 is 0 Å². The Balaban J connectivity index is 3.22. The molecule has 0 N–H and O–H groups in total. The van der Waals surface area contributed by atoms with Crippen molar-refractivity contribution in [1.29, 1.82) is 0 Å². The zero-order valence-electron chi connectivity index (χ0n) is 10.7. The number of unbranched alkanes of at least 4 members (excludes halogenated alkanes) is 4. The van der Waals surface area contributed by atoms with E-state index in [1.165, 1.54) is 44.9 Å². The molecule has 0 bridgehead atoms. The van der Waals surface area contributed by atoms with Crippen LogP contribution < -0.4 is 0 Å². The first-order chi connectivity index (χ1) is 6.70. The van der Waals surface area contributed by atoms with Gasteiger partial charge >= 0.3 is 0 Å². The van der Waals surface area contributed by atoms with Crippen molar-refractivity contribution in [3.63, 3.8) is 0 Å². The summed E-state index contributed by atoms with van der Waals surface area (Å²) in [5.41, 5.74) is 0. The number of rotatable bonds is 9. The molecule has 84 valence electrons. The topological polar surface area (TPSA) is 0 Å². The van der Waals surface area contributed by atoms with Crippen molar-refractivity contribution < 1.29 is 0 Å². The van der Waals surface area contributed by atoms with Gasteiger partial charge in [-0.05, 0) is 31.1 Å². The largest absolute Gasteiger partial charge is 0.0872 e. The van der Waals surface area contributed by atoms with Crippen LogP contribution in [-0.4, -0.2) is 0 Å². The molecule has 0 radical (unpaired) electrons. The Bertz CT molecular complexity index is 107. The predicted octanol–water partition coefficient (Wildman–Crippen LogP) is 5.23. The Morgan fingerprint density at radius 3 is 2.29 bits per heavy atom. The van der Waals surface area contributed by atoms with Gasteiger partial charge in [-0.15, -0.1) is 0 Å². The van der Waals surface area contributed by atoms with Crippen molar-refractivity contribution in [2.75, 3.05) is 0 Å². The van der Waals surface area contributed by atoms with Gasteiger partial charge in [0.15, 0.2) is 0 Å². The van der Waals surface area contributed by atoms with E-state index in [0.717, 1.165) is 11.8 Å². The normalized spacial score (nSPS) is 15.1. The Kier molecular flexibility index (Phi) is 9.34. The molecule has 2 atom stereocenters. The van der Waals surface area contributed by atoms with Crippen LogP contribution in [0.4, 0.5) is 0 Å². The van der Waals surface area contributed by atoms with Gasteiger partial charge in [-0.25, -0.2) is 0 Å². The molecule has 0 heterocycles. The average Bonchev–Trinajstić information content (AvgIpc) is 2.17. The van der Waals surface area contributed by atoms with Gasteiger partial charge in [0.2, 0.25) is 0 Å². The fourth-order valence-corrected chi connectivity index (χ4v) is 1.99. The van der Waals surface area contributed by atoms with Crippen LogP contribution in [0.3, 0.4) is 0 Å². The molecule has 0 saturated carbocycles. The summed E-state index contributed by atoms with van der Waals surface area (Å²) >= 11 is 0. The molecule has 0 aromatic heterocycles. The molecule has 0 saturated heterocycles. The Labute approximate surface area is 91.5 Å². The maximum Gasteiger partial charge on any atom is 0.0872 e. The van der Waals surface area contributed by atoms with Crippen LogP contribution in [0.15, 0.2) is 0 Å². The van der Waals surface area contributed by atoms with E-state index in [0.29, 0.717) is 0 Å². The highest BCUT2D eigenvalue weighted by atomic mass is 14.1. The Morgan fingerprint density at radius 1 is 1.00 bits per heavy atom. The lowest BCUT2D eigenvalue weighted by atomic mass is 9.91. The maximum absolute atomic E-state index is 2.41. The van der Waals surface area contributed by atoms with Crippen LogP contribution in [-0.2, 0) is 0 Å². The number of hydrogen-bond acceptors (Lipinski definition) is 0. The summed E-state index contributed by atoms with van der Waals surface area (Å²) in [6.07, 6.45) is 12.1. The van der Waals surface area contributed by atoms with E-state index < -0.39 is 0 Å². The Hall–Kier alpha value is -0.130. The molecule has 0 aliphatic rings. The predicted molar refractivity (Wildman–Crippen MR) is 66.3 cm³/mol. The monoisotopic (exact) mass is 197 g/mol. The van der Waals surface area contributed by atoms with Crippen LogP contribution in [0.1, 0.15) is 72.6 Å². The van der Waals surface area contributed by atoms with Crippen LogP contribution in [0.2, 0.25) is 0 Å². The summed E-state index contributed by atoms with van der Waals surface area (Å²) in [5.74, 6) is 1.87. The van der Waals surface area contributed by atoms with Crippen molar-refractivity contribution in [3.05, 3.63) is 6.42 Å². The quantitative estimate of drug-likeness (QED) is 0.350. The molecule has 2 unspecified atom stereocenters. The minimum Gasteiger partial charge on any atom is -0.0651 e. The lowest BCUT2D eigenvalue weighted by Crippen LogP contribution is -2.02. The lowest BCUT2D eigenvalue weighted by Gasteiger charge is -2.15. The van der Waals surface area contributed by atoms with Gasteiger partial charge in [-0.2, -0.15) is 0 Å². The molecule has 0 aliphatic carbocycles. The standard InChI is InChI=1S/C14H29/c1-5-7-8-9-10-11-14(4)12-13(3)6-2/h5,13-14H,6-12H2,1-4H3/q+1. The van der Waals surface area contributed by atoms with Crippen molar-refractivity contribution in [1.82, 2.24) is 0 Å². The highest BCUT2D eigenvalue weighted by Gasteiger charge is 2.06. The molecule has 0 nitrogen and oxygen atoms in total. The smallest absolute Gasteiger partial charge is 0.0651 e. The molecular weight excluding hydrogens is 168 g/mol. The van der Waals surface area contributed by atoms with Gasteiger partial charge in [-0.1, -0.05) is 40.0 Å². The SMILES string of the molecule is C[CH+]CCCCCC(C)CC(C)CC. The molecule has 0 spiro atoms. The second kappa shape index (κ2) is 9.43. The van der Waals surface area contributed by atoms with E-state index in [2.05, 4.69) is 34.1 Å². The van der Waals surface area contributed by atoms with Crippen molar-refractivity contribution in [2.45, 2.75) is 72.6 Å². The zero-order chi connectivity index (χ0) is 10.8. The van der Waals surface area contributed by atoms with Gasteiger partial charge in [0.1, 0.15) is 0 Å². The molecule has 14 heavy (non-hydrogen) atoms. The van der Waals surface area contributed by atoms with E-state index in [1.807, 2.05) is 0 Å². The Morgan fingerprint density at radius 2 is 1.71 bits per heavy atom. The summed E-state index contributed by atoms with van der Waals surface area (Å²) in [6, 6.07) is 0. The van der Waals surface area contributed by atoms with E-state index in [4.69, 9.17) is 0 Å². The third-order valence-corrected chi connectivity index (χ3v) is 3.19. The van der Waals surface area contributed by atoms with Crippen LogP contribution in [0.25, 0.3) is 0 Å². The van der Waals surface area contributed by atoms with Gasteiger partial charge in [0.05, 0.1) is 19.8 Å². The van der Waals surface area contributed by atoms with E-state index in [1.54, 1.807) is 0 Å². The molecule has 0 aliphatic heterocycles. The molecule has 0 rings (SSSR count). The zero-order valence-corrected chi connectivity index (χ0v) is 10.7. The third-order valence-electron chi connectivity index (χ3n) is 3.19. The van der Waals surface area contributed by atoms with E-state index in [9.17, 15) is 0 Å². The fraction of sp³-hybridized carbons (Fsp3) is 0.929. The molecule has 0 aromatic carbocycles. The second-order valence-electron chi connectivity index (χ2n) is 4.90. The molecular formula is C14H29+. The van der Waals surface area contributed by atoms with Crippen molar-refractivity contribution in [3.8, 4) is 0 Å². The average molecular weight is 197 g/mol.